The zero-order chi connectivity index (χ0) is 12.5. The van der Waals surface area contributed by atoms with E-state index in [2.05, 4.69) is 68.1 Å². The summed E-state index contributed by atoms with van der Waals surface area (Å²) in [6.45, 7) is 6.12. The molecule has 0 atom stereocenters. The Labute approximate surface area is 108 Å². The first kappa shape index (κ1) is 11.0. The predicted octanol–water partition coefficient (Wildman–Crippen LogP) is 5.11. The van der Waals surface area contributed by atoms with Crippen LogP contribution in [0.15, 0.2) is 66.7 Å². The molecule has 0 heteroatoms. The lowest BCUT2D eigenvalue weighted by atomic mass is 9.94. The van der Waals surface area contributed by atoms with Crippen LogP contribution in [0.2, 0.25) is 0 Å². The summed E-state index contributed by atoms with van der Waals surface area (Å²) >= 11 is 0. The standard InChI is InChI=1S/C18H16/c1-13(2)11-15-12-14-7-3-4-8-16(14)18-10-6-5-9-17(15)18/h3-10,12H,1,11H2,2H3. The van der Waals surface area contributed by atoms with Crippen LogP contribution in [0.1, 0.15) is 12.5 Å². The van der Waals surface area contributed by atoms with Crippen LogP contribution in [0, 0.1) is 0 Å². The van der Waals surface area contributed by atoms with Crippen LogP contribution >= 0.6 is 0 Å². The van der Waals surface area contributed by atoms with E-state index in [1.165, 1.54) is 32.7 Å². The maximum Gasteiger partial charge on any atom is -0.00662 e. The molecule has 0 unspecified atom stereocenters. The molecule has 0 N–H and O–H groups in total. The van der Waals surface area contributed by atoms with Crippen molar-refractivity contribution in [3.05, 3.63) is 72.3 Å². The summed E-state index contributed by atoms with van der Waals surface area (Å²) in [5.74, 6) is 0. The molecule has 18 heavy (non-hydrogen) atoms. The molecular weight excluding hydrogens is 216 g/mol. The van der Waals surface area contributed by atoms with E-state index < -0.39 is 0 Å². The van der Waals surface area contributed by atoms with Gasteiger partial charge < -0.3 is 0 Å². The normalized spacial score (nSPS) is 10.9. The van der Waals surface area contributed by atoms with E-state index in [0.717, 1.165) is 6.42 Å². The lowest BCUT2D eigenvalue weighted by Gasteiger charge is -2.10. The highest BCUT2D eigenvalue weighted by atomic mass is 14.1. The van der Waals surface area contributed by atoms with Crippen molar-refractivity contribution in [3.8, 4) is 0 Å². The van der Waals surface area contributed by atoms with Gasteiger partial charge in [-0.3, -0.25) is 0 Å². The van der Waals surface area contributed by atoms with Crippen LogP contribution in [-0.2, 0) is 6.42 Å². The second-order valence-corrected chi connectivity index (χ2v) is 4.94. The summed E-state index contributed by atoms with van der Waals surface area (Å²) in [6.07, 6.45) is 0.950. The molecule has 0 nitrogen and oxygen atoms in total. The maximum atomic E-state index is 4.04. The van der Waals surface area contributed by atoms with Crippen LogP contribution in [-0.4, -0.2) is 0 Å². The molecule has 0 radical (unpaired) electrons. The fourth-order valence-electron chi connectivity index (χ4n) is 2.60. The van der Waals surface area contributed by atoms with Crippen LogP contribution < -0.4 is 0 Å². The molecule has 0 saturated heterocycles. The first-order valence-electron chi connectivity index (χ1n) is 6.29. The zero-order valence-electron chi connectivity index (χ0n) is 10.6. The minimum atomic E-state index is 0.950. The third-order valence-electron chi connectivity index (χ3n) is 3.35. The van der Waals surface area contributed by atoms with E-state index >= 15 is 0 Å². The van der Waals surface area contributed by atoms with Crippen molar-refractivity contribution < 1.29 is 0 Å². The van der Waals surface area contributed by atoms with Gasteiger partial charge >= 0.3 is 0 Å². The molecule has 3 rings (SSSR count). The highest BCUT2D eigenvalue weighted by Gasteiger charge is 2.05. The van der Waals surface area contributed by atoms with Crippen molar-refractivity contribution in [1.29, 1.82) is 0 Å². The van der Waals surface area contributed by atoms with E-state index in [4.69, 9.17) is 0 Å². The Morgan fingerprint density at radius 3 is 2.22 bits per heavy atom. The quantitative estimate of drug-likeness (QED) is 0.425. The zero-order valence-corrected chi connectivity index (χ0v) is 10.6. The molecule has 0 aliphatic rings. The fourth-order valence-corrected chi connectivity index (χ4v) is 2.60. The van der Waals surface area contributed by atoms with Crippen LogP contribution in [0.4, 0.5) is 0 Å². The van der Waals surface area contributed by atoms with Gasteiger partial charge in [-0.1, -0.05) is 66.7 Å². The van der Waals surface area contributed by atoms with Gasteiger partial charge in [-0.2, -0.15) is 0 Å². The monoisotopic (exact) mass is 232 g/mol. The lowest BCUT2D eigenvalue weighted by molar-refractivity contribution is 1.18. The minimum absolute atomic E-state index is 0.950. The topological polar surface area (TPSA) is 0 Å². The van der Waals surface area contributed by atoms with Crippen LogP contribution in [0.5, 0.6) is 0 Å². The van der Waals surface area contributed by atoms with Gasteiger partial charge in [0.25, 0.3) is 0 Å². The Kier molecular flexibility index (Phi) is 2.64. The summed E-state index contributed by atoms with van der Waals surface area (Å²) in [6, 6.07) is 19.5. The van der Waals surface area contributed by atoms with Crippen molar-refractivity contribution in [1.82, 2.24) is 0 Å². The molecule has 0 saturated carbocycles. The molecule has 0 amide bonds. The highest BCUT2D eigenvalue weighted by molar-refractivity contribution is 6.08. The Hall–Kier alpha value is -2.08. The Balaban J connectivity index is 2.42. The molecule has 0 aliphatic heterocycles. The first-order valence-corrected chi connectivity index (χ1v) is 6.29. The van der Waals surface area contributed by atoms with Crippen LogP contribution in [0.3, 0.4) is 0 Å². The molecule has 0 fully saturated rings. The summed E-state index contributed by atoms with van der Waals surface area (Å²) < 4.78 is 0. The van der Waals surface area contributed by atoms with Crippen molar-refractivity contribution in [2.45, 2.75) is 13.3 Å². The van der Waals surface area contributed by atoms with Gasteiger partial charge in [0.05, 0.1) is 0 Å². The van der Waals surface area contributed by atoms with Crippen molar-refractivity contribution >= 4 is 21.5 Å². The van der Waals surface area contributed by atoms with Gasteiger partial charge in [0, 0.05) is 0 Å². The van der Waals surface area contributed by atoms with Gasteiger partial charge in [0.2, 0.25) is 0 Å². The second-order valence-electron chi connectivity index (χ2n) is 4.94. The van der Waals surface area contributed by atoms with E-state index in [1.807, 2.05) is 0 Å². The smallest absolute Gasteiger partial charge is 0.00662 e. The number of allylic oxidation sites excluding steroid dienone is 1. The van der Waals surface area contributed by atoms with Crippen molar-refractivity contribution in [3.63, 3.8) is 0 Å². The average molecular weight is 232 g/mol. The lowest BCUT2D eigenvalue weighted by Crippen LogP contribution is -1.89. The third-order valence-corrected chi connectivity index (χ3v) is 3.35. The fraction of sp³-hybridized carbons (Fsp3) is 0.111. The largest absolute Gasteiger partial charge is 0.0998 e. The third kappa shape index (κ3) is 1.80. The molecule has 0 spiro atoms. The average Bonchev–Trinajstić information content (AvgIpc) is 2.38. The van der Waals surface area contributed by atoms with E-state index in [1.54, 1.807) is 0 Å². The molecule has 0 aliphatic carbocycles. The Morgan fingerprint density at radius 1 is 0.889 bits per heavy atom. The summed E-state index contributed by atoms with van der Waals surface area (Å²) in [5.41, 5.74) is 2.58. The van der Waals surface area contributed by atoms with Gasteiger partial charge in [-0.15, -0.1) is 0 Å². The second kappa shape index (κ2) is 4.30. The molecule has 3 aromatic carbocycles. The SMILES string of the molecule is C=C(C)Cc1cc2ccccc2c2ccccc12. The predicted molar refractivity (Wildman–Crippen MR) is 80.0 cm³/mol. The molecule has 0 aromatic heterocycles. The van der Waals surface area contributed by atoms with Crippen molar-refractivity contribution in [2.75, 3.05) is 0 Å². The van der Waals surface area contributed by atoms with E-state index in [9.17, 15) is 0 Å². The number of rotatable bonds is 2. The molecule has 3 aromatic rings. The van der Waals surface area contributed by atoms with Gasteiger partial charge in [0.15, 0.2) is 0 Å². The molecule has 0 heterocycles. The van der Waals surface area contributed by atoms with E-state index in [0.29, 0.717) is 0 Å². The van der Waals surface area contributed by atoms with E-state index in [-0.39, 0.29) is 0 Å². The van der Waals surface area contributed by atoms with Gasteiger partial charge in [-0.25, -0.2) is 0 Å². The number of hydrogen-bond acceptors (Lipinski definition) is 0. The number of hydrogen-bond donors (Lipinski definition) is 0. The molecule has 0 bridgehead atoms. The summed E-state index contributed by atoms with van der Waals surface area (Å²) in [7, 11) is 0. The summed E-state index contributed by atoms with van der Waals surface area (Å²) in [4.78, 5) is 0. The minimum Gasteiger partial charge on any atom is -0.0998 e. The molecule has 88 valence electrons. The molecular formula is C18H16. The van der Waals surface area contributed by atoms with Gasteiger partial charge in [0.1, 0.15) is 0 Å². The Morgan fingerprint density at radius 2 is 1.50 bits per heavy atom. The number of fused-ring (bicyclic) bond motifs is 3. The maximum absolute atomic E-state index is 4.04. The number of benzene rings is 3. The Bertz CT molecular complexity index is 735. The van der Waals surface area contributed by atoms with Crippen molar-refractivity contribution in [2.24, 2.45) is 0 Å². The van der Waals surface area contributed by atoms with Crippen LogP contribution in [0.25, 0.3) is 21.5 Å². The summed E-state index contributed by atoms with van der Waals surface area (Å²) in [5, 5.41) is 5.33. The van der Waals surface area contributed by atoms with Gasteiger partial charge in [-0.05, 0) is 40.5 Å². The highest BCUT2D eigenvalue weighted by Crippen LogP contribution is 2.29. The first-order chi connectivity index (χ1) is 8.75.